The van der Waals surface area contributed by atoms with E-state index in [0.717, 1.165) is 19.8 Å². The van der Waals surface area contributed by atoms with E-state index in [2.05, 4.69) is 6.58 Å². The first kappa shape index (κ1) is 25.6. The summed E-state index contributed by atoms with van der Waals surface area (Å²) in [6.07, 6.45) is 4.23. The summed E-state index contributed by atoms with van der Waals surface area (Å²) in [5.41, 5.74) is 1.12. The van der Waals surface area contributed by atoms with Gasteiger partial charge in [0.05, 0.1) is 29.8 Å². The van der Waals surface area contributed by atoms with Gasteiger partial charge in [0, 0.05) is 31.3 Å². The summed E-state index contributed by atoms with van der Waals surface area (Å²) >= 11 is 0. The second kappa shape index (κ2) is 10.2. The van der Waals surface area contributed by atoms with Crippen LogP contribution in [0.3, 0.4) is 0 Å². The van der Waals surface area contributed by atoms with E-state index in [1.54, 1.807) is 12.1 Å². The fraction of sp³-hybridized carbons (Fsp3) is 0.462. The second-order valence-electron chi connectivity index (χ2n) is 9.17. The number of alkyl halides is 2. The first-order valence-corrected chi connectivity index (χ1v) is 13.2. The predicted octanol–water partition coefficient (Wildman–Crippen LogP) is 4.79. The minimum atomic E-state index is -4.08. The molecule has 9 heteroatoms. The molecule has 1 saturated heterocycles. The predicted molar refractivity (Wildman–Crippen MR) is 129 cm³/mol. The van der Waals surface area contributed by atoms with Crippen molar-refractivity contribution in [2.45, 2.75) is 56.1 Å². The summed E-state index contributed by atoms with van der Waals surface area (Å²) in [4.78, 5) is -0.00966. The van der Waals surface area contributed by atoms with Crippen LogP contribution in [-0.2, 0) is 33.7 Å². The minimum Gasteiger partial charge on any atom is -0.493 e. The smallest absolute Gasteiger partial charge is 0.270 e. The second-order valence-corrected chi connectivity index (χ2v) is 11.0. The largest absolute Gasteiger partial charge is 0.493 e. The minimum absolute atomic E-state index is 0.00966. The lowest BCUT2D eigenvalue weighted by Crippen LogP contribution is -2.42. The maximum absolute atomic E-state index is 13.9. The molecule has 0 saturated carbocycles. The van der Waals surface area contributed by atoms with Crippen LogP contribution in [0.25, 0.3) is 0 Å². The van der Waals surface area contributed by atoms with Gasteiger partial charge in [-0.1, -0.05) is 12.1 Å². The van der Waals surface area contributed by atoms with Crippen LogP contribution in [0.15, 0.2) is 53.9 Å². The van der Waals surface area contributed by atoms with Crippen molar-refractivity contribution in [3.05, 3.63) is 65.7 Å². The van der Waals surface area contributed by atoms with Gasteiger partial charge in [-0.15, -0.1) is 6.58 Å². The van der Waals surface area contributed by atoms with Gasteiger partial charge in [-0.2, -0.15) is 0 Å². The van der Waals surface area contributed by atoms with Crippen LogP contribution in [0.5, 0.6) is 5.75 Å². The summed E-state index contributed by atoms with van der Waals surface area (Å²) in [6, 6.07) is 7.99. The van der Waals surface area contributed by atoms with Gasteiger partial charge in [0.2, 0.25) is 0 Å². The summed E-state index contributed by atoms with van der Waals surface area (Å²) in [5.74, 6) is -2.24. The third-order valence-electron chi connectivity index (χ3n) is 6.68. The quantitative estimate of drug-likeness (QED) is 0.520. The normalized spacial score (nSPS) is 19.3. The standard InChI is InChI=1S/C26H31F2NO5S/c1-3-22-6-4-19-14-21(26(2,27)28)5-8-24(19)29(22)35(31,32)23-7-9-25(20(15-23)16-30)34-17-18-10-12-33-13-11-18/h3,5,7-9,14-15,18,22,30H,1,4,6,10-13,16-17H2,2H3/t22-/m0/s1. The van der Waals surface area contributed by atoms with Crippen LogP contribution in [0, 0.1) is 5.92 Å². The Kier molecular flexibility index (Phi) is 7.49. The highest BCUT2D eigenvalue weighted by Gasteiger charge is 2.36. The molecule has 35 heavy (non-hydrogen) atoms. The van der Waals surface area contributed by atoms with Gasteiger partial charge in [0.1, 0.15) is 5.75 Å². The number of aryl methyl sites for hydroxylation is 1. The Labute approximate surface area is 205 Å². The summed E-state index contributed by atoms with van der Waals surface area (Å²) < 4.78 is 67.8. The third-order valence-corrected chi connectivity index (χ3v) is 8.52. The van der Waals surface area contributed by atoms with Gasteiger partial charge in [-0.3, -0.25) is 4.31 Å². The zero-order valence-corrected chi connectivity index (χ0v) is 20.6. The van der Waals surface area contributed by atoms with Gasteiger partial charge < -0.3 is 14.6 Å². The van der Waals surface area contributed by atoms with Gasteiger partial charge in [0.25, 0.3) is 15.9 Å². The molecular formula is C26H31F2NO5S. The van der Waals surface area contributed by atoms with Crippen molar-refractivity contribution >= 4 is 15.7 Å². The van der Waals surface area contributed by atoms with Crippen LogP contribution in [0.1, 0.15) is 42.9 Å². The molecule has 0 radical (unpaired) electrons. The first-order valence-electron chi connectivity index (χ1n) is 11.8. The molecule has 0 amide bonds. The maximum Gasteiger partial charge on any atom is 0.270 e. The number of ether oxygens (including phenoxy) is 2. The van der Waals surface area contributed by atoms with E-state index in [9.17, 15) is 22.3 Å². The lowest BCUT2D eigenvalue weighted by atomic mass is 9.95. The Bertz CT molecular complexity index is 1170. The van der Waals surface area contributed by atoms with Crippen LogP contribution in [0.2, 0.25) is 0 Å². The van der Waals surface area contributed by atoms with Crippen LogP contribution in [0.4, 0.5) is 14.5 Å². The number of rotatable bonds is 8. The molecule has 2 aliphatic heterocycles. The molecule has 1 N–H and O–H groups in total. The molecule has 1 atom stereocenters. The van der Waals surface area contributed by atoms with E-state index >= 15 is 0 Å². The zero-order chi connectivity index (χ0) is 25.2. The first-order chi connectivity index (χ1) is 16.6. The number of nitrogens with zero attached hydrogens (tertiary/aromatic N) is 1. The van der Waals surface area contributed by atoms with Crippen molar-refractivity contribution in [3.8, 4) is 5.75 Å². The van der Waals surface area contributed by atoms with E-state index in [1.165, 1.54) is 34.6 Å². The van der Waals surface area contributed by atoms with Gasteiger partial charge >= 0.3 is 0 Å². The van der Waals surface area contributed by atoms with Crippen LogP contribution >= 0.6 is 0 Å². The fourth-order valence-electron chi connectivity index (χ4n) is 4.61. The topological polar surface area (TPSA) is 76.1 Å². The van der Waals surface area contributed by atoms with Gasteiger partial charge in [-0.25, -0.2) is 17.2 Å². The summed E-state index contributed by atoms with van der Waals surface area (Å²) in [6.45, 7) is 6.07. The molecule has 6 nitrogen and oxygen atoms in total. The average molecular weight is 508 g/mol. The van der Waals surface area contributed by atoms with Crippen molar-refractivity contribution in [1.82, 2.24) is 0 Å². The Morgan fingerprint density at radius 2 is 1.94 bits per heavy atom. The number of anilines is 1. The highest BCUT2D eigenvalue weighted by molar-refractivity contribution is 7.92. The van der Waals surface area contributed by atoms with E-state index in [0.29, 0.717) is 61.1 Å². The molecule has 190 valence electrons. The number of benzene rings is 2. The summed E-state index contributed by atoms with van der Waals surface area (Å²) in [5, 5.41) is 9.92. The SMILES string of the molecule is C=C[C@H]1CCc2cc(C(C)(F)F)ccc2N1S(=O)(=O)c1ccc(OCC2CCOCC2)c(CO)c1. The van der Waals surface area contributed by atoms with E-state index in [1.807, 2.05) is 0 Å². The lowest BCUT2D eigenvalue weighted by molar-refractivity contribution is 0.0174. The molecule has 4 rings (SSSR count). The number of hydrogen-bond donors (Lipinski definition) is 1. The van der Waals surface area contributed by atoms with Crippen molar-refractivity contribution in [2.24, 2.45) is 5.92 Å². The average Bonchev–Trinajstić information content (AvgIpc) is 2.86. The van der Waals surface area contributed by atoms with Crippen LogP contribution < -0.4 is 9.04 Å². The van der Waals surface area contributed by atoms with E-state index in [-0.39, 0.29) is 17.1 Å². The highest BCUT2D eigenvalue weighted by atomic mass is 32.2. The molecule has 0 bridgehead atoms. The molecule has 2 aromatic carbocycles. The maximum atomic E-state index is 13.9. The monoisotopic (exact) mass is 507 g/mol. The van der Waals surface area contributed by atoms with Crippen molar-refractivity contribution < 1.29 is 31.8 Å². The van der Waals surface area contributed by atoms with Crippen LogP contribution in [-0.4, -0.2) is 39.4 Å². The number of aliphatic hydroxyl groups is 1. The van der Waals surface area contributed by atoms with Gasteiger partial charge in [0.15, 0.2) is 0 Å². The van der Waals surface area contributed by atoms with Gasteiger partial charge in [-0.05, 0) is 67.5 Å². The molecular weight excluding hydrogens is 476 g/mol. The third kappa shape index (κ3) is 5.37. The Balaban J connectivity index is 1.65. The molecule has 0 spiro atoms. The molecule has 1 fully saturated rings. The highest BCUT2D eigenvalue weighted by Crippen LogP contribution is 2.39. The molecule has 0 aliphatic carbocycles. The Morgan fingerprint density at radius 3 is 2.60 bits per heavy atom. The van der Waals surface area contributed by atoms with Crippen molar-refractivity contribution in [3.63, 3.8) is 0 Å². The zero-order valence-electron chi connectivity index (χ0n) is 19.8. The summed E-state index contributed by atoms with van der Waals surface area (Å²) in [7, 11) is -4.08. The molecule has 0 aromatic heterocycles. The Morgan fingerprint density at radius 1 is 1.20 bits per heavy atom. The lowest BCUT2D eigenvalue weighted by Gasteiger charge is -2.37. The number of sulfonamides is 1. The number of fused-ring (bicyclic) bond motifs is 1. The Hall–Kier alpha value is -2.49. The molecule has 0 unspecified atom stereocenters. The molecule has 2 aromatic rings. The van der Waals surface area contributed by atoms with Crippen molar-refractivity contribution in [1.29, 1.82) is 0 Å². The number of aliphatic hydroxyl groups excluding tert-OH is 1. The number of halogens is 2. The van der Waals surface area contributed by atoms with E-state index < -0.39 is 22.0 Å². The number of hydrogen-bond acceptors (Lipinski definition) is 5. The van der Waals surface area contributed by atoms with Crippen molar-refractivity contribution in [2.75, 3.05) is 24.1 Å². The molecule has 2 aliphatic rings. The van der Waals surface area contributed by atoms with E-state index in [4.69, 9.17) is 9.47 Å². The molecule has 2 heterocycles. The fourth-order valence-corrected chi connectivity index (χ4v) is 6.35.